The molecule has 0 spiro atoms. The van der Waals surface area contributed by atoms with Gasteiger partial charge in [-0.1, -0.05) is 0 Å². The Labute approximate surface area is 117 Å². The lowest BCUT2D eigenvalue weighted by atomic mass is 9.47. The van der Waals surface area contributed by atoms with Crippen LogP contribution in [0.25, 0.3) is 0 Å². The molecule has 0 heterocycles. The van der Waals surface area contributed by atoms with Crippen LogP contribution >= 0.6 is 0 Å². The molecule has 0 saturated heterocycles. The van der Waals surface area contributed by atoms with E-state index in [9.17, 15) is 18.7 Å². The van der Waals surface area contributed by atoms with Crippen molar-refractivity contribution in [3.63, 3.8) is 0 Å². The monoisotopic (exact) mass is 288 g/mol. The molecule has 0 aromatic rings. The lowest BCUT2D eigenvalue weighted by Crippen LogP contribution is -2.55. The van der Waals surface area contributed by atoms with Crippen LogP contribution in [0.3, 0.4) is 0 Å². The zero-order valence-electron chi connectivity index (χ0n) is 11.8. The standard InChI is InChI=1S/C15H22F2O3/c1-13(16,17)12(18)20-3-2-14-5-10-4-11(6-14)8-15(19,7-10)9-14/h10-11,19H,2-9H2,1H3. The van der Waals surface area contributed by atoms with Crippen molar-refractivity contribution in [2.24, 2.45) is 17.3 Å². The summed E-state index contributed by atoms with van der Waals surface area (Å²) in [5.74, 6) is -3.74. The largest absolute Gasteiger partial charge is 0.461 e. The highest BCUT2D eigenvalue weighted by atomic mass is 19.3. The third kappa shape index (κ3) is 2.57. The Morgan fingerprint density at radius 3 is 2.40 bits per heavy atom. The maximum atomic E-state index is 12.7. The van der Waals surface area contributed by atoms with Crippen molar-refractivity contribution >= 4 is 5.97 Å². The number of carbonyl (C=O) groups is 1. The van der Waals surface area contributed by atoms with Gasteiger partial charge >= 0.3 is 11.9 Å². The van der Waals surface area contributed by atoms with Crippen LogP contribution < -0.4 is 0 Å². The summed E-state index contributed by atoms with van der Waals surface area (Å²) in [5.41, 5.74) is -0.551. The summed E-state index contributed by atoms with van der Waals surface area (Å²) >= 11 is 0. The van der Waals surface area contributed by atoms with Gasteiger partial charge in [0.15, 0.2) is 0 Å². The molecule has 5 heteroatoms. The van der Waals surface area contributed by atoms with E-state index in [0.717, 1.165) is 32.1 Å². The first-order chi connectivity index (χ1) is 9.20. The lowest BCUT2D eigenvalue weighted by molar-refractivity contribution is -0.179. The van der Waals surface area contributed by atoms with E-state index in [1.165, 1.54) is 6.42 Å². The number of alkyl halides is 2. The van der Waals surface area contributed by atoms with Crippen LogP contribution in [0.2, 0.25) is 0 Å². The Morgan fingerprint density at radius 1 is 1.30 bits per heavy atom. The predicted molar refractivity (Wildman–Crippen MR) is 68.3 cm³/mol. The quantitative estimate of drug-likeness (QED) is 0.809. The summed E-state index contributed by atoms with van der Waals surface area (Å²) in [5, 5.41) is 10.6. The Bertz CT molecular complexity index is 402. The van der Waals surface area contributed by atoms with Gasteiger partial charge in [-0.05, 0) is 62.2 Å². The van der Waals surface area contributed by atoms with Gasteiger partial charge in [-0.15, -0.1) is 0 Å². The predicted octanol–water partition coefficient (Wildman–Crippen LogP) is 2.91. The van der Waals surface area contributed by atoms with Crippen molar-refractivity contribution in [3.05, 3.63) is 0 Å². The zero-order chi connectivity index (χ0) is 14.6. The molecule has 4 aliphatic rings. The number of hydrogen-bond acceptors (Lipinski definition) is 3. The molecule has 4 fully saturated rings. The number of rotatable bonds is 4. The maximum Gasteiger partial charge on any atom is 0.376 e. The maximum absolute atomic E-state index is 12.7. The van der Waals surface area contributed by atoms with Crippen molar-refractivity contribution in [1.82, 2.24) is 0 Å². The molecular weight excluding hydrogens is 266 g/mol. The van der Waals surface area contributed by atoms with Gasteiger partial charge < -0.3 is 9.84 Å². The van der Waals surface area contributed by atoms with E-state index < -0.39 is 17.5 Å². The molecule has 0 aromatic carbocycles. The van der Waals surface area contributed by atoms with Crippen molar-refractivity contribution in [2.75, 3.05) is 6.61 Å². The molecule has 2 unspecified atom stereocenters. The molecule has 1 N–H and O–H groups in total. The molecule has 0 radical (unpaired) electrons. The molecule has 2 atom stereocenters. The highest BCUT2D eigenvalue weighted by molar-refractivity contribution is 5.76. The fourth-order valence-electron chi connectivity index (χ4n) is 5.18. The summed E-state index contributed by atoms with van der Waals surface area (Å²) in [6.07, 6.45) is 6.40. The second kappa shape index (κ2) is 4.39. The summed E-state index contributed by atoms with van der Waals surface area (Å²) in [6, 6.07) is 0. The number of ether oxygens (including phenoxy) is 1. The summed E-state index contributed by atoms with van der Waals surface area (Å²) in [6.45, 7) is 0.598. The van der Waals surface area contributed by atoms with Crippen LogP contribution in [-0.4, -0.2) is 29.2 Å². The summed E-state index contributed by atoms with van der Waals surface area (Å²) in [7, 11) is 0. The first-order valence-electron chi connectivity index (χ1n) is 7.47. The van der Waals surface area contributed by atoms with Crippen LogP contribution in [0, 0.1) is 17.3 Å². The van der Waals surface area contributed by atoms with Crippen molar-refractivity contribution in [3.8, 4) is 0 Å². The Hall–Kier alpha value is -0.710. The highest BCUT2D eigenvalue weighted by Crippen LogP contribution is 2.62. The zero-order valence-corrected chi connectivity index (χ0v) is 11.8. The molecule has 114 valence electrons. The van der Waals surface area contributed by atoms with E-state index >= 15 is 0 Å². The SMILES string of the molecule is CC(F)(F)C(=O)OCCC12CC3CC(CC(O)(C3)C1)C2. The van der Waals surface area contributed by atoms with Gasteiger partial charge in [-0.25, -0.2) is 4.79 Å². The van der Waals surface area contributed by atoms with Gasteiger partial charge in [-0.2, -0.15) is 8.78 Å². The third-order valence-corrected chi connectivity index (χ3v) is 5.38. The van der Waals surface area contributed by atoms with Crippen LogP contribution in [0.1, 0.15) is 51.9 Å². The fourth-order valence-corrected chi connectivity index (χ4v) is 5.18. The second-order valence-electron chi connectivity index (χ2n) is 7.46. The minimum Gasteiger partial charge on any atom is -0.461 e. The Kier molecular flexibility index (Phi) is 3.13. The average Bonchev–Trinajstić information content (AvgIpc) is 2.23. The minimum atomic E-state index is -3.42. The number of esters is 1. The molecule has 0 aliphatic heterocycles. The normalized spacial score (nSPS) is 42.8. The minimum absolute atomic E-state index is 0.00212. The Balaban J connectivity index is 1.59. The highest BCUT2D eigenvalue weighted by Gasteiger charge is 2.56. The number of aliphatic hydroxyl groups is 1. The third-order valence-electron chi connectivity index (χ3n) is 5.38. The van der Waals surface area contributed by atoms with E-state index in [4.69, 9.17) is 4.74 Å². The van der Waals surface area contributed by atoms with Crippen molar-refractivity contribution in [2.45, 2.75) is 63.4 Å². The van der Waals surface area contributed by atoms with E-state index in [1.54, 1.807) is 0 Å². The van der Waals surface area contributed by atoms with Gasteiger partial charge in [0.2, 0.25) is 0 Å². The molecular formula is C15H22F2O3. The molecule has 20 heavy (non-hydrogen) atoms. The fraction of sp³-hybridized carbons (Fsp3) is 0.933. The van der Waals surface area contributed by atoms with E-state index in [0.29, 0.717) is 25.2 Å². The molecule has 0 amide bonds. The van der Waals surface area contributed by atoms with Crippen LogP contribution in [-0.2, 0) is 9.53 Å². The van der Waals surface area contributed by atoms with Gasteiger partial charge in [-0.3, -0.25) is 0 Å². The van der Waals surface area contributed by atoms with Gasteiger partial charge in [0, 0.05) is 6.92 Å². The molecule has 3 nitrogen and oxygen atoms in total. The second-order valence-corrected chi connectivity index (χ2v) is 7.46. The van der Waals surface area contributed by atoms with Crippen LogP contribution in [0.4, 0.5) is 8.78 Å². The van der Waals surface area contributed by atoms with Crippen molar-refractivity contribution in [1.29, 1.82) is 0 Å². The number of carbonyl (C=O) groups excluding carboxylic acids is 1. The summed E-state index contributed by atoms with van der Waals surface area (Å²) < 4.78 is 30.2. The number of hydrogen-bond donors (Lipinski definition) is 1. The van der Waals surface area contributed by atoms with E-state index in [-0.39, 0.29) is 12.0 Å². The first kappa shape index (κ1) is 14.2. The van der Waals surface area contributed by atoms with Crippen LogP contribution in [0.5, 0.6) is 0 Å². The smallest absolute Gasteiger partial charge is 0.376 e. The summed E-state index contributed by atoms with van der Waals surface area (Å²) in [4.78, 5) is 11.1. The lowest BCUT2D eigenvalue weighted by Gasteiger charge is -2.60. The van der Waals surface area contributed by atoms with Gasteiger partial charge in [0.1, 0.15) is 0 Å². The molecule has 4 rings (SSSR count). The van der Waals surface area contributed by atoms with E-state index in [1.807, 2.05) is 0 Å². The Morgan fingerprint density at radius 2 is 1.90 bits per heavy atom. The number of halogens is 2. The van der Waals surface area contributed by atoms with Crippen LogP contribution in [0.15, 0.2) is 0 Å². The van der Waals surface area contributed by atoms with Gasteiger partial charge in [0.25, 0.3) is 0 Å². The molecule has 4 bridgehead atoms. The first-order valence-corrected chi connectivity index (χ1v) is 7.47. The topological polar surface area (TPSA) is 46.5 Å². The molecule has 0 aromatic heterocycles. The average molecular weight is 288 g/mol. The molecule has 4 saturated carbocycles. The van der Waals surface area contributed by atoms with Gasteiger partial charge in [0.05, 0.1) is 12.2 Å². The van der Waals surface area contributed by atoms with Crippen molar-refractivity contribution < 1.29 is 23.4 Å². The molecule has 4 aliphatic carbocycles. The van der Waals surface area contributed by atoms with E-state index in [2.05, 4.69) is 0 Å².